The lowest BCUT2D eigenvalue weighted by Crippen LogP contribution is -2.33. The summed E-state index contributed by atoms with van der Waals surface area (Å²) in [5, 5.41) is 4.03. The third kappa shape index (κ3) is 7.27. The zero-order chi connectivity index (χ0) is 17.3. The summed E-state index contributed by atoms with van der Waals surface area (Å²) in [6.07, 6.45) is 7.83. The first-order chi connectivity index (χ1) is 11.6. The summed E-state index contributed by atoms with van der Waals surface area (Å²) in [6, 6.07) is 9.21. The average molecular weight is 350 g/mol. The van der Waals surface area contributed by atoms with Crippen molar-refractivity contribution in [1.82, 2.24) is 10.0 Å². The highest BCUT2D eigenvalue weighted by Gasteiger charge is 2.14. The van der Waals surface area contributed by atoms with Gasteiger partial charge in [-0.3, -0.25) is 4.79 Å². The van der Waals surface area contributed by atoms with Crippen molar-refractivity contribution < 1.29 is 13.2 Å². The Morgan fingerprint density at radius 1 is 1.12 bits per heavy atom. The lowest BCUT2D eigenvalue weighted by atomic mass is 9.89. The minimum atomic E-state index is -3.52. The van der Waals surface area contributed by atoms with E-state index in [1.807, 2.05) is 30.3 Å². The standard InChI is InChI=1S/C18H26N2O3S/c21-18(19-15-17-9-5-2-6-10-17)11-13-20-24(22,23)14-12-16-7-3-1-4-8-16/h1,3-4,7-8,12,14,17,20H,2,5-6,9-11,13,15H2,(H,19,21)/b14-12+. The van der Waals surface area contributed by atoms with Crippen LogP contribution in [0.25, 0.3) is 6.08 Å². The van der Waals surface area contributed by atoms with Gasteiger partial charge in [0.2, 0.25) is 15.9 Å². The third-order valence-electron chi connectivity index (χ3n) is 4.21. The van der Waals surface area contributed by atoms with Crippen LogP contribution in [0.15, 0.2) is 35.7 Å². The Morgan fingerprint density at radius 3 is 2.54 bits per heavy atom. The molecule has 0 saturated heterocycles. The summed E-state index contributed by atoms with van der Waals surface area (Å²) >= 11 is 0. The SMILES string of the molecule is O=C(CCNS(=O)(=O)/C=C/c1ccccc1)NCC1CCCCC1. The van der Waals surface area contributed by atoms with Crippen LogP contribution in [-0.2, 0) is 14.8 Å². The number of hydrogen-bond donors (Lipinski definition) is 2. The van der Waals surface area contributed by atoms with Crippen LogP contribution in [-0.4, -0.2) is 27.4 Å². The van der Waals surface area contributed by atoms with Gasteiger partial charge in [-0.1, -0.05) is 49.6 Å². The van der Waals surface area contributed by atoms with E-state index < -0.39 is 10.0 Å². The molecule has 5 nitrogen and oxygen atoms in total. The molecule has 0 bridgehead atoms. The first kappa shape index (κ1) is 18.7. The van der Waals surface area contributed by atoms with Crippen LogP contribution in [0, 0.1) is 5.92 Å². The fraction of sp³-hybridized carbons (Fsp3) is 0.500. The van der Waals surface area contributed by atoms with Crippen molar-refractivity contribution in [1.29, 1.82) is 0 Å². The monoisotopic (exact) mass is 350 g/mol. The number of hydrogen-bond acceptors (Lipinski definition) is 3. The quantitative estimate of drug-likeness (QED) is 0.757. The van der Waals surface area contributed by atoms with E-state index in [9.17, 15) is 13.2 Å². The Balaban J connectivity index is 1.66. The highest BCUT2D eigenvalue weighted by Crippen LogP contribution is 2.22. The Kier molecular flexibility index (Phi) is 7.46. The van der Waals surface area contributed by atoms with Crippen LogP contribution < -0.4 is 10.0 Å². The first-order valence-electron chi connectivity index (χ1n) is 8.55. The van der Waals surface area contributed by atoms with E-state index in [2.05, 4.69) is 10.0 Å². The van der Waals surface area contributed by atoms with Gasteiger partial charge in [0.1, 0.15) is 0 Å². The molecule has 0 spiro atoms. The third-order valence-corrected chi connectivity index (χ3v) is 5.31. The van der Waals surface area contributed by atoms with Crippen LogP contribution in [0.5, 0.6) is 0 Å². The molecule has 24 heavy (non-hydrogen) atoms. The normalized spacial score (nSPS) is 16.3. The van der Waals surface area contributed by atoms with Gasteiger partial charge in [0.15, 0.2) is 0 Å². The van der Waals surface area contributed by atoms with E-state index in [-0.39, 0.29) is 18.9 Å². The maximum Gasteiger partial charge on any atom is 0.233 e. The molecule has 1 aliphatic rings. The summed E-state index contributed by atoms with van der Waals surface area (Å²) in [6.45, 7) is 0.817. The molecule has 0 aliphatic heterocycles. The molecule has 2 N–H and O–H groups in total. The predicted molar refractivity (Wildman–Crippen MR) is 96.6 cm³/mol. The number of nitrogens with one attached hydrogen (secondary N) is 2. The molecule has 1 aromatic carbocycles. The lowest BCUT2D eigenvalue weighted by molar-refractivity contribution is -0.121. The van der Waals surface area contributed by atoms with Gasteiger partial charge in [-0.25, -0.2) is 13.1 Å². The molecular formula is C18H26N2O3S. The van der Waals surface area contributed by atoms with Crippen LogP contribution in [0.4, 0.5) is 0 Å². The molecule has 0 unspecified atom stereocenters. The number of amides is 1. The van der Waals surface area contributed by atoms with Gasteiger partial charge >= 0.3 is 0 Å². The van der Waals surface area contributed by atoms with Crippen molar-refractivity contribution in [3.8, 4) is 0 Å². The van der Waals surface area contributed by atoms with Crippen molar-refractivity contribution in [3.63, 3.8) is 0 Å². The second kappa shape index (κ2) is 9.59. The molecule has 1 fully saturated rings. The molecule has 2 rings (SSSR count). The largest absolute Gasteiger partial charge is 0.356 e. The highest BCUT2D eigenvalue weighted by molar-refractivity contribution is 7.92. The molecule has 1 saturated carbocycles. The topological polar surface area (TPSA) is 75.3 Å². The van der Waals surface area contributed by atoms with E-state index in [1.54, 1.807) is 0 Å². The minimum absolute atomic E-state index is 0.102. The Hall–Kier alpha value is -1.66. The van der Waals surface area contributed by atoms with Gasteiger partial charge in [-0.15, -0.1) is 0 Å². The van der Waals surface area contributed by atoms with Crippen molar-refractivity contribution in [2.24, 2.45) is 5.92 Å². The highest BCUT2D eigenvalue weighted by atomic mass is 32.2. The number of sulfonamides is 1. The van der Waals surface area contributed by atoms with E-state index in [4.69, 9.17) is 0 Å². The molecule has 0 atom stereocenters. The van der Waals surface area contributed by atoms with Gasteiger partial charge in [-0.2, -0.15) is 0 Å². The smallest absolute Gasteiger partial charge is 0.233 e. The maximum absolute atomic E-state index is 11.9. The van der Waals surface area contributed by atoms with Gasteiger partial charge in [0.25, 0.3) is 0 Å². The van der Waals surface area contributed by atoms with E-state index in [0.29, 0.717) is 12.5 Å². The number of rotatable bonds is 8. The summed E-state index contributed by atoms with van der Waals surface area (Å²) < 4.78 is 26.1. The molecule has 1 aromatic rings. The molecular weight excluding hydrogens is 324 g/mol. The molecule has 6 heteroatoms. The predicted octanol–water partition coefficient (Wildman–Crippen LogP) is 2.66. The van der Waals surface area contributed by atoms with Crippen LogP contribution in [0.1, 0.15) is 44.1 Å². The number of carbonyl (C=O) groups is 1. The second-order valence-corrected chi connectivity index (χ2v) is 7.86. The van der Waals surface area contributed by atoms with Crippen molar-refractivity contribution >= 4 is 22.0 Å². The molecule has 0 aromatic heterocycles. The van der Waals surface area contributed by atoms with E-state index in [0.717, 1.165) is 11.0 Å². The van der Waals surface area contributed by atoms with E-state index in [1.165, 1.54) is 38.2 Å². The van der Waals surface area contributed by atoms with E-state index >= 15 is 0 Å². The summed E-state index contributed by atoms with van der Waals surface area (Å²) in [5.41, 5.74) is 0.813. The minimum Gasteiger partial charge on any atom is -0.356 e. The maximum atomic E-state index is 11.9. The second-order valence-electron chi connectivity index (χ2n) is 6.21. The summed E-state index contributed by atoms with van der Waals surface area (Å²) in [5.74, 6) is 0.475. The van der Waals surface area contributed by atoms with Crippen LogP contribution >= 0.6 is 0 Å². The average Bonchev–Trinajstić information content (AvgIpc) is 2.60. The lowest BCUT2D eigenvalue weighted by Gasteiger charge is -2.21. The number of benzene rings is 1. The Morgan fingerprint density at radius 2 is 1.83 bits per heavy atom. The molecule has 0 radical (unpaired) electrons. The van der Waals surface area contributed by atoms with Crippen molar-refractivity contribution in [2.45, 2.75) is 38.5 Å². The molecule has 1 aliphatic carbocycles. The summed E-state index contributed by atoms with van der Waals surface area (Å²) in [7, 11) is -3.52. The summed E-state index contributed by atoms with van der Waals surface area (Å²) in [4.78, 5) is 11.8. The number of carbonyl (C=O) groups excluding carboxylic acids is 1. The van der Waals surface area contributed by atoms with Crippen LogP contribution in [0.2, 0.25) is 0 Å². The molecule has 0 heterocycles. The van der Waals surface area contributed by atoms with Gasteiger partial charge in [0, 0.05) is 24.9 Å². The van der Waals surface area contributed by atoms with Gasteiger partial charge < -0.3 is 5.32 Å². The van der Waals surface area contributed by atoms with Crippen LogP contribution in [0.3, 0.4) is 0 Å². The zero-order valence-corrected chi connectivity index (χ0v) is 14.7. The van der Waals surface area contributed by atoms with Crippen molar-refractivity contribution in [3.05, 3.63) is 41.3 Å². The van der Waals surface area contributed by atoms with Gasteiger partial charge in [-0.05, 0) is 30.4 Å². The fourth-order valence-corrected chi connectivity index (χ4v) is 3.64. The van der Waals surface area contributed by atoms with Gasteiger partial charge in [0.05, 0.1) is 0 Å². The zero-order valence-electron chi connectivity index (χ0n) is 13.9. The van der Waals surface area contributed by atoms with Crippen molar-refractivity contribution in [2.75, 3.05) is 13.1 Å². The molecule has 1 amide bonds. The fourth-order valence-electron chi connectivity index (χ4n) is 2.83. The Bertz CT molecular complexity index is 635. The Labute approximate surface area is 144 Å². The first-order valence-corrected chi connectivity index (χ1v) is 10.1. The molecule has 132 valence electrons.